The second kappa shape index (κ2) is 10.9. The van der Waals surface area contributed by atoms with Crippen molar-refractivity contribution in [1.82, 2.24) is 10.2 Å². The van der Waals surface area contributed by atoms with E-state index in [1.165, 1.54) is 11.1 Å². The van der Waals surface area contributed by atoms with E-state index in [2.05, 4.69) is 29.6 Å². The highest BCUT2D eigenvalue weighted by Gasteiger charge is 2.40. The quantitative estimate of drug-likeness (QED) is 0.540. The van der Waals surface area contributed by atoms with Crippen LogP contribution in [0.25, 0.3) is 11.1 Å². The lowest BCUT2D eigenvalue weighted by atomic mass is 9.98. The number of likely N-dealkylation sites (tertiary alicyclic amines) is 1. The lowest BCUT2D eigenvalue weighted by Crippen LogP contribution is -2.44. The number of aliphatic carboxylic acids is 1. The molecule has 2 aliphatic rings. The maximum absolute atomic E-state index is 13.0. The summed E-state index contributed by atoms with van der Waals surface area (Å²) < 4.78 is 5.66. The van der Waals surface area contributed by atoms with E-state index in [0.29, 0.717) is 25.8 Å². The first-order valence-electron chi connectivity index (χ1n) is 12.6. The van der Waals surface area contributed by atoms with Crippen LogP contribution in [0.2, 0.25) is 0 Å². The van der Waals surface area contributed by atoms with Gasteiger partial charge in [0.15, 0.2) is 0 Å². The summed E-state index contributed by atoms with van der Waals surface area (Å²) in [5.74, 6) is -1.52. The van der Waals surface area contributed by atoms with Crippen molar-refractivity contribution >= 4 is 18.0 Å². The van der Waals surface area contributed by atoms with Crippen molar-refractivity contribution in [3.8, 4) is 11.1 Å². The number of amides is 2. The summed E-state index contributed by atoms with van der Waals surface area (Å²) >= 11 is 0. The Bertz CT molecular complexity index is 1040. The van der Waals surface area contributed by atoms with Crippen molar-refractivity contribution in [3.05, 3.63) is 59.7 Å². The molecule has 2 aromatic carbocycles. The summed E-state index contributed by atoms with van der Waals surface area (Å²) in [6.07, 6.45) is 2.12. The molecule has 0 radical (unpaired) electrons. The molecule has 4 rings (SSSR count). The number of benzene rings is 2. The van der Waals surface area contributed by atoms with Gasteiger partial charge in [-0.2, -0.15) is 0 Å². The van der Waals surface area contributed by atoms with Crippen LogP contribution >= 0.6 is 0 Å². The molecule has 1 saturated heterocycles. The molecule has 7 nitrogen and oxygen atoms in total. The first-order chi connectivity index (χ1) is 16.9. The molecule has 0 aromatic heterocycles. The van der Waals surface area contributed by atoms with Gasteiger partial charge in [0.25, 0.3) is 0 Å². The summed E-state index contributed by atoms with van der Waals surface area (Å²) in [5.41, 5.74) is 4.63. The Balaban J connectivity index is 1.37. The smallest absolute Gasteiger partial charge is 0.407 e. The van der Waals surface area contributed by atoms with Gasteiger partial charge in [0.2, 0.25) is 5.91 Å². The van der Waals surface area contributed by atoms with E-state index >= 15 is 0 Å². The molecule has 7 heteroatoms. The summed E-state index contributed by atoms with van der Waals surface area (Å²) in [7, 11) is 0. The number of carboxylic acids is 1. The van der Waals surface area contributed by atoms with Crippen molar-refractivity contribution in [2.24, 2.45) is 5.92 Å². The summed E-state index contributed by atoms with van der Waals surface area (Å²) in [5, 5.41) is 12.3. The fraction of sp³-hybridized carbons (Fsp3) is 0.464. The molecule has 1 aliphatic carbocycles. The van der Waals surface area contributed by atoms with Crippen molar-refractivity contribution in [2.45, 2.75) is 64.0 Å². The number of alkyl carbamates (subject to hydrolysis) is 1. The van der Waals surface area contributed by atoms with Gasteiger partial charge in [-0.1, -0.05) is 68.8 Å². The number of rotatable bonds is 9. The Morgan fingerprint density at radius 3 is 2.26 bits per heavy atom. The average molecular weight is 479 g/mol. The predicted molar refractivity (Wildman–Crippen MR) is 133 cm³/mol. The van der Waals surface area contributed by atoms with Gasteiger partial charge in [0.05, 0.1) is 5.92 Å². The second-order valence-electron chi connectivity index (χ2n) is 9.46. The van der Waals surface area contributed by atoms with Gasteiger partial charge in [0, 0.05) is 31.0 Å². The molecule has 0 spiro atoms. The van der Waals surface area contributed by atoms with Gasteiger partial charge < -0.3 is 20.1 Å². The largest absolute Gasteiger partial charge is 0.481 e. The third-order valence-corrected chi connectivity index (χ3v) is 7.33. The van der Waals surface area contributed by atoms with Gasteiger partial charge >= 0.3 is 12.1 Å². The normalized spacial score (nSPS) is 19.7. The molecule has 2 N–H and O–H groups in total. The highest BCUT2D eigenvalue weighted by Crippen LogP contribution is 2.44. The Morgan fingerprint density at radius 2 is 1.69 bits per heavy atom. The molecule has 3 atom stereocenters. The number of ether oxygens (including phenoxy) is 1. The SMILES string of the molecule is CCC[C@H](CC(=O)N1CCC(C(=O)O)C1CC)NC(=O)OCC1c2ccccc2-c2ccccc21. The zero-order chi connectivity index (χ0) is 24.9. The van der Waals surface area contributed by atoms with Crippen LogP contribution in [0.3, 0.4) is 0 Å². The van der Waals surface area contributed by atoms with E-state index in [1.807, 2.05) is 38.1 Å². The molecule has 0 saturated carbocycles. The molecular weight excluding hydrogens is 444 g/mol. The third-order valence-electron chi connectivity index (χ3n) is 7.33. The zero-order valence-electron chi connectivity index (χ0n) is 20.4. The van der Waals surface area contributed by atoms with Crippen LogP contribution < -0.4 is 5.32 Å². The van der Waals surface area contributed by atoms with E-state index in [-0.39, 0.29) is 36.9 Å². The van der Waals surface area contributed by atoms with Gasteiger partial charge in [-0.15, -0.1) is 0 Å². The summed E-state index contributed by atoms with van der Waals surface area (Å²) in [6, 6.07) is 15.7. The topological polar surface area (TPSA) is 95.9 Å². The molecule has 0 bridgehead atoms. The zero-order valence-corrected chi connectivity index (χ0v) is 20.4. The first kappa shape index (κ1) is 24.8. The first-order valence-corrected chi connectivity index (χ1v) is 12.6. The van der Waals surface area contributed by atoms with Gasteiger partial charge in [-0.05, 0) is 41.5 Å². The molecule has 35 heavy (non-hydrogen) atoms. The third kappa shape index (κ3) is 5.19. The number of nitrogens with zero attached hydrogens (tertiary/aromatic N) is 1. The number of fused-ring (bicyclic) bond motifs is 3. The molecule has 1 fully saturated rings. The van der Waals surface area contributed by atoms with E-state index in [9.17, 15) is 19.5 Å². The molecular formula is C28H34N2O5. The van der Waals surface area contributed by atoms with Crippen LogP contribution in [0.15, 0.2) is 48.5 Å². The van der Waals surface area contributed by atoms with Gasteiger partial charge in [-0.3, -0.25) is 9.59 Å². The van der Waals surface area contributed by atoms with Crippen molar-refractivity contribution in [1.29, 1.82) is 0 Å². The Kier molecular flexibility index (Phi) is 7.73. The lowest BCUT2D eigenvalue weighted by Gasteiger charge is -2.28. The Labute approximate surface area is 206 Å². The van der Waals surface area contributed by atoms with E-state index in [4.69, 9.17) is 4.74 Å². The number of hydrogen-bond acceptors (Lipinski definition) is 4. The standard InChI is InChI=1S/C28H34N2O5/c1-3-9-18(16-26(31)30-15-14-23(27(32)33)25(30)4-2)29-28(34)35-17-24-21-12-7-5-10-19(21)20-11-6-8-13-22(20)24/h5-8,10-13,18,23-25H,3-4,9,14-17H2,1-2H3,(H,29,34)(H,32,33)/t18-,23?,25?/m1/s1. The molecule has 1 aliphatic heterocycles. The van der Waals surface area contributed by atoms with Crippen LogP contribution in [0.4, 0.5) is 4.79 Å². The minimum Gasteiger partial charge on any atom is -0.481 e. The van der Waals surface area contributed by atoms with Gasteiger partial charge in [0.1, 0.15) is 6.61 Å². The number of carboxylic acid groups (broad SMARTS) is 1. The van der Waals surface area contributed by atoms with Crippen molar-refractivity contribution < 1.29 is 24.2 Å². The van der Waals surface area contributed by atoms with Crippen LogP contribution in [0.1, 0.15) is 63.0 Å². The fourth-order valence-corrected chi connectivity index (χ4v) is 5.66. The Morgan fingerprint density at radius 1 is 1.06 bits per heavy atom. The second-order valence-corrected chi connectivity index (χ2v) is 9.46. The monoisotopic (exact) mass is 478 g/mol. The van der Waals surface area contributed by atoms with Crippen molar-refractivity contribution in [3.63, 3.8) is 0 Å². The highest BCUT2D eigenvalue weighted by molar-refractivity contribution is 5.81. The molecule has 2 unspecified atom stereocenters. The average Bonchev–Trinajstić information content (AvgIpc) is 3.42. The van der Waals surface area contributed by atoms with Crippen molar-refractivity contribution in [2.75, 3.05) is 13.2 Å². The van der Waals surface area contributed by atoms with E-state index < -0.39 is 18.0 Å². The van der Waals surface area contributed by atoms with Crippen LogP contribution in [0.5, 0.6) is 0 Å². The summed E-state index contributed by atoms with van der Waals surface area (Å²) in [6.45, 7) is 4.57. The fourth-order valence-electron chi connectivity index (χ4n) is 5.66. The molecule has 1 heterocycles. The highest BCUT2D eigenvalue weighted by atomic mass is 16.5. The van der Waals surface area contributed by atoms with E-state index in [1.54, 1.807) is 4.90 Å². The number of carbonyl (C=O) groups excluding carboxylic acids is 2. The van der Waals surface area contributed by atoms with E-state index in [0.717, 1.165) is 17.5 Å². The van der Waals surface area contributed by atoms with Gasteiger partial charge in [-0.25, -0.2) is 4.79 Å². The maximum atomic E-state index is 13.0. The lowest BCUT2D eigenvalue weighted by molar-refractivity contribution is -0.143. The number of hydrogen-bond donors (Lipinski definition) is 2. The summed E-state index contributed by atoms with van der Waals surface area (Å²) in [4.78, 5) is 39.0. The molecule has 2 aromatic rings. The number of carbonyl (C=O) groups is 3. The Hall–Kier alpha value is -3.35. The minimum atomic E-state index is -0.853. The van der Waals surface area contributed by atoms with Crippen LogP contribution in [-0.2, 0) is 14.3 Å². The predicted octanol–water partition coefficient (Wildman–Crippen LogP) is 4.80. The molecule has 2 amide bonds. The van der Waals surface area contributed by atoms with Crippen LogP contribution in [0, 0.1) is 5.92 Å². The molecule has 186 valence electrons. The maximum Gasteiger partial charge on any atom is 0.407 e. The minimum absolute atomic E-state index is 0.0257. The number of nitrogens with one attached hydrogen (secondary N) is 1. The van der Waals surface area contributed by atoms with Crippen LogP contribution in [-0.4, -0.2) is 53.2 Å².